The summed E-state index contributed by atoms with van der Waals surface area (Å²) in [6.07, 6.45) is 1.73. The van der Waals surface area contributed by atoms with E-state index in [1.807, 2.05) is 39.0 Å². The zero-order chi connectivity index (χ0) is 22.1. The number of hydrogen-bond acceptors (Lipinski definition) is 5. The lowest BCUT2D eigenvalue weighted by Crippen LogP contribution is -2.62. The average molecular weight is 437 g/mol. The maximum absolute atomic E-state index is 13.3. The van der Waals surface area contributed by atoms with Crippen molar-refractivity contribution in [3.05, 3.63) is 35.4 Å². The van der Waals surface area contributed by atoms with Gasteiger partial charge in [-0.05, 0) is 24.5 Å². The maximum Gasteiger partial charge on any atom is 0.242 e. The van der Waals surface area contributed by atoms with Crippen LogP contribution in [0.2, 0.25) is 0 Å². The van der Waals surface area contributed by atoms with E-state index in [4.69, 9.17) is 0 Å². The van der Waals surface area contributed by atoms with Crippen LogP contribution in [0.15, 0.2) is 24.3 Å². The summed E-state index contributed by atoms with van der Waals surface area (Å²) >= 11 is 0. The Morgan fingerprint density at radius 2 is 1.93 bits per heavy atom. The Kier molecular flexibility index (Phi) is 6.84. The summed E-state index contributed by atoms with van der Waals surface area (Å²) in [4.78, 5) is 29.4. The smallest absolute Gasteiger partial charge is 0.242 e. The fraction of sp³-hybridized carbons (Fsp3) is 0.619. The van der Waals surface area contributed by atoms with E-state index < -0.39 is 16.1 Å². The zero-order valence-corrected chi connectivity index (χ0v) is 18.9. The molecule has 2 heterocycles. The molecule has 3 atom stereocenters. The highest BCUT2D eigenvalue weighted by Crippen LogP contribution is 2.28. The minimum atomic E-state index is -3.34. The molecule has 9 heteroatoms. The van der Waals surface area contributed by atoms with Crippen LogP contribution in [0.4, 0.5) is 0 Å². The second-order valence-corrected chi connectivity index (χ2v) is 10.5. The highest BCUT2D eigenvalue weighted by molar-refractivity contribution is 7.88. The first kappa shape index (κ1) is 22.7. The molecule has 2 aliphatic rings. The Morgan fingerprint density at radius 1 is 1.23 bits per heavy atom. The largest absolute Gasteiger partial charge is 0.354 e. The molecule has 0 unspecified atom stereocenters. The molecule has 0 aromatic heterocycles. The number of amides is 2. The summed E-state index contributed by atoms with van der Waals surface area (Å²) < 4.78 is 25.9. The van der Waals surface area contributed by atoms with Crippen LogP contribution < -0.4 is 10.0 Å². The van der Waals surface area contributed by atoms with Crippen molar-refractivity contribution in [1.29, 1.82) is 0 Å². The second-order valence-electron chi connectivity index (χ2n) is 8.74. The van der Waals surface area contributed by atoms with Gasteiger partial charge in [0.25, 0.3) is 0 Å². The number of fused-ring (bicyclic) bond motifs is 1. The fourth-order valence-corrected chi connectivity index (χ4v) is 5.07. The molecule has 1 aromatic carbocycles. The van der Waals surface area contributed by atoms with Crippen LogP contribution in [0.1, 0.15) is 31.4 Å². The van der Waals surface area contributed by atoms with Crippen LogP contribution in [-0.4, -0.2) is 74.0 Å². The third-order valence-corrected chi connectivity index (χ3v) is 6.64. The average Bonchev–Trinajstić information content (AvgIpc) is 3.03. The molecule has 1 aromatic rings. The van der Waals surface area contributed by atoms with Gasteiger partial charge in [-0.3, -0.25) is 14.5 Å². The third-order valence-electron chi connectivity index (χ3n) is 5.88. The van der Waals surface area contributed by atoms with E-state index in [1.54, 1.807) is 4.90 Å². The van der Waals surface area contributed by atoms with Crippen molar-refractivity contribution in [2.45, 2.75) is 51.9 Å². The molecule has 3 rings (SSSR count). The maximum atomic E-state index is 13.3. The van der Waals surface area contributed by atoms with Gasteiger partial charge >= 0.3 is 0 Å². The molecule has 2 amide bonds. The van der Waals surface area contributed by atoms with E-state index >= 15 is 0 Å². The lowest BCUT2D eigenvalue weighted by atomic mass is 10.0. The lowest BCUT2D eigenvalue weighted by molar-refractivity contribution is -0.144. The molecule has 30 heavy (non-hydrogen) atoms. The second kappa shape index (κ2) is 9.03. The fourth-order valence-electron chi connectivity index (χ4n) is 4.29. The Labute approximate surface area is 179 Å². The highest BCUT2D eigenvalue weighted by Gasteiger charge is 2.45. The summed E-state index contributed by atoms with van der Waals surface area (Å²) in [6.45, 7) is 7.55. The van der Waals surface area contributed by atoms with Crippen molar-refractivity contribution >= 4 is 21.8 Å². The third kappa shape index (κ3) is 5.39. The van der Waals surface area contributed by atoms with E-state index in [-0.39, 0.29) is 36.4 Å². The van der Waals surface area contributed by atoms with Crippen LogP contribution >= 0.6 is 0 Å². The predicted molar refractivity (Wildman–Crippen MR) is 115 cm³/mol. The van der Waals surface area contributed by atoms with Gasteiger partial charge in [0.1, 0.15) is 6.04 Å². The molecule has 2 N–H and O–H groups in total. The van der Waals surface area contributed by atoms with Crippen LogP contribution in [0.5, 0.6) is 0 Å². The molecule has 2 saturated heterocycles. The van der Waals surface area contributed by atoms with Crippen molar-refractivity contribution in [3.8, 4) is 0 Å². The molecular weight excluding hydrogens is 404 g/mol. The molecule has 0 saturated carbocycles. The van der Waals surface area contributed by atoms with Crippen molar-refractivity contribution in [1.82, 2.24) is 19.8 Å². The number of aryl methyl sites for hydroxylation is 1. The van der Waals surface area contributed by atoms with E-state index in [0.717, 1.165) is 17.4 Å². The minimum absolute atomic E-state index is 0.0437. The van der Waals surface area contributed by atoms with Gasteiger partial charge in [0.15, 0.2) is 0 Å². The number of sulfonamides is 1. The summed E-state index contributed by atoms with van der Waals surface area (Å²) in [5.41, 5.74) is 2.29. The van der Waals surface area contributed by atoms with Crippen LogP contribution in [0.3, 0.4) is 0 Å². The molecule has 2 aliphatic heterocycles. The van der Waals surface area contributed by atoms with Gasteiger partial charge in [-0.15, -0.1) is 0 Å². The van der Waals surface area contributed by atoms with Gasteiger partial charge in [0.2, 0.25) is 21.8 Å². The summed E-state index contributed by atoms with van der Waals surface area (Å²) in [7, 11) is -3.34. The molecule has 8 nitrogen and oxygen atoms in total. The number of hydrogen-bond donors (Lipinski definition) is 2. The van der Waals surface area contributed by atoms with Crippen LogP contribution in [0.25, 0.3) is 0 Å². The summed E-state index contributed by atoms with van der Waals surface area (Å²) in [5, 5.41) is 2.90. The Bertz CT molecular complexity index is 902. The first-order valence-electron chi connectivity index (χ1n) is 10.4. The molecule has 0 radical (unpaired) electrons. The van der Waals surface area contributed by atoms with E-state index in [1.165, 1.54) is 0 Å². The molecular formula is C21H32N4O4S. The minimum Gasteiger partial charge on any atom is -0.354 e. The number of carbonyl (C=O) groups is 2. The number of nitrogens with zero attached hydrogens (tertiary/aromatic N) is 2. The number of nitrogens with one attached hydrogen (secondary N) is 2. The standard InChI is InChI=1S/C21H32N4O4S/c1-14(2)20(26)22-10-19-21(27)25-12-17(23-30(4,28)29)9-18(25)13-24(19)11-16-8-6-5-7-15(16)3/h5-8,14,17-19,23H,9-13H2,1-4H3,(H,22,26)/t17-,18-,19-/m0/s1. The van der Waals surface area contributed by atoms with Gasteiger partial charge in [-0.1, -0.05) is 38.1 Å². The van der Waals surface area contributed by atoms with Crippen molar-refractivity contribution in [3.63, 3.8) is 0 Å². The molecule has 0 bridgehead atoms. The van der Waals surface area contributed by atoms with Crippen molar-refractivity contribution in [2.75, 3.05) is 25.9 Å². The summed E-state index contributed by atoms with van der Waals surface area (Å²) in [6, 6.07) is 7.28. The van der Waals surface area contributed by atoms with E-state index in [0.29, 0.717) is 26.1 Å². The number of piperazine rings is 1. The zero-order valence-electron chi connectivity index (χ0n) is 18.1. The quantitative estimate of drug-likeness (QED) is 0.647. The van der Waals surface area contributed by atoms with Gasteiger partial charge < -0.3 is 10.2 Å². The normalized spacial score (nSPS) is 24.9. The van der Waals surface area contributed by atoms with Gasteiger partial charge in [-0.2, -0.15) is 0 Å². The van der Waals surface area contributed by atoms with Crippen LogP contribution in [0, 0.1) is 12.8 Å². The monoisotopic (exact) mass is 436 g/mol. The number of carbonyl (C=O) groups excluding carboxylic acids is 2. The van der Waals surface area contributed by atoms with Gasteiger partial charge in [-0.25, -0.2) is 13.1 Å². The molecule has 0 aliphatic carbocycles. The Balaban J connectivity index is 1.80. The molecule has 0 spiro atoms. The lowest BCUT2D eigenvalue weighted by Gasteiger charge is -2.43. The van der Waals surface area contributed by atoms with Crippen molar-refractivity contribution in [2.24, 2.45) is 5.92 Å². The van der Waals surface area contributed by atoms with Gasteiger partial charge in [0, 0.05) is 44.2 Å². The number of rotatable bonds is 7. The van der Waals surface area contributed by atoms with E-state index in [9.17, 15) is 18.0 Å². The first-order valence-corrected chi connectivity index (χ1v) is 12.3. The van der Waals surface area contributed by atoms with Crippen molar-refractivity contribution < 1.29 is 18.0 Å². The highest BCUT2D eigenvalue weighted by atomic mass is 32.2. The summed E-state index contributed by atoms with van der Waals surface area (Å²) in [5.74, 6) is -0.295. The number of benzene rings is 1. The molecule has 2 fully saturated rings. The SMILES string of the molecule is Cc1ccccc1CN1C[C@@H]2C[C@H](NS(C)(=O)=O)CN2C(=O)[C@@H]1CNC(=O)C(C)C. The Hall–Kier alpha value is -1.97. The Morgan fingerprint density at radius 3 is 2.57 bits per heavy atom. The van der Waals surface area contributed by atoms with E-state index in [2.05, 4.69) is 21.0 Å². The van der Waals surface area contributed by atoms with Crippen LogP contribution in [-0.2, 0) is 26.2 Å². The van der Waals surface area contributed by atoms with Gasteiger partial charge in [0.05, 0.1) is 6.26 Å². The molecule has 166 valence electrons. The topological polar surface area (TPSA) is 98.8 Å². The first-order chi connectivity index (χ1) is 14.0. The predicted octanol–water partition coefficient (Wildman–Crippen LogP) is 0.470.